The monoisotopic (exact) mass is 189 g/mol. The summed E-state index contributed by atoms with van der Waals surface area (Å²) in [4.78, 5) is 11.0. The van der Waals surface area contributed by atoms with Crippen LogP contribution in [0.15, 0.2) is 0 Å². The van der Waals surface area contributed by atoms with Crippen LogP contribution in [0.4, 0.5) is 0 Å². The van der Waals surface area contributed by atoms with Gasteiger partial charge in [0.25, 0.3) is 0 Å². The number of ether oxygens (including phenoxy) is 1. The van der Waals surface area contributed by atoms with Crippen LogP contribution in [0.25, 0.3) is 0 Å². The highest BCUT2D eigenvalue weighted by Gasteiger charge is 1.98. The molecule has 0 aliphatic rings. The van der Waals surface area contributed by atoms with Gasteiger partial charge in [0.1, 0.15) is 0 Å². The molecule has 4 heteroatoms. The smallest absolute Gasteiger partial charge is 0.220 e. The Morgan fingerprint density at radius 2 is 2.15 bits per heavy atom. The lowest BCUT2D eigenvalue weighted by atomic mass is 10.2. The van der Waals surface area contributed by atoms with Crippen molar-refractivity contribution >= 4 is 5.91 Å². The van der Waals surface area contributed by atoms with Gasteiger partial charge in [-0.15, -0.1) is 0 Å². The summed E-state index contributed by atoms with van der Waals surface area (Å²) in [7, 11) is 1.67. The van der Waals surface area contributed by atoms with E-state index >= 15 is 0 Å². The van der Waals surface area contributed by atoms with Crippen LogP contribution in [0.3, 0.4) is 0 Å². The van der Waals surface area contributed by atoms with Crippen LogP contribution in [-0.2, 0) is 9.53 Å². The van der Waals surface area contributed by atoms with E-state index in [1.54, 1.807) is 7.11 Å². The van der Waals surface area contributed by atoms with E-state index in [4.69, 9.17) is 9.84 Å². The van der Waals surface area contributed by atoms with Crippen molar-refractivity contribution < 1.29 is 14.6 Å². The van der Waals surface area contributed by atoms with Crippen LogP contribution in [0.1, 0.15) is 25.7 Å². The van der Waals surface area contributed by atoms with E-state index in [9.17, 15) is 4.79 Å². The Morgan fingerprint density at radius 3 is 2.77 bits per heavy atom. The van der Waals surface area contributed by atoms with Crippen molar-refractivity contribution in [3.63, 3.8) is 0 Å². The molecule has 0 saturated carbocycles. The number of nitrogens with one attached hydrogen (secondary N) is 1. The van der Waals surface area contributed by atoms with E-state index in [1.165, 1.54) is 0 Å². The zero-order chi connectivity index (χ0) is 9.94. The summed E-state index contributed by atoms with van der Waals surface area (Å²) >= 11 is 0. The fraction of sp³-hybridized carbons (Fsp3) is 0.889. The first-order valence-corrected chi connectivity index (χ1v) is 4.67. The average Bonchev–Trinajstić information content (AvgIpc) is 2.14. The lowest BCUT2D eigenvalue weighted by molar-refractivity contribution is -0.121. The van der Waals surface area contributed by atoms with E-state index in [1.807, 2.05) is 0 Å². The van der Waals surface area contributed by atoms with Gasteiger partial charge in [0, 0.05) is 26.7 Å². The molecule has 0 rings (SSSR count). The maximum atomic E-state index is 11.0. The zero-order valence-corrected chi connectivity index (χ0v) is 8.21. The van der Waals surface area contributed by atoms with Gasteiger partial charge >= 0.3 is 0 Å². The van der Waals surface area contributed by atoms with Crippen LogP contribution in [0.5, 0.6) is 0 Å². The van der Waals surface area contributed by atoms with Crippen molar-refractivity contribution in [2.75, 3.05) is 26.9 Å². The molecule has 0 fully saturated rings. The number of methoxy groups -OCH3 is 1. The number of hydrogen-bond acceptors (Lipinski definition) is 3. The molecule has 0 aromatic heterocycles. The molecule has 0 aliphatic carbocycles. The molecule has 0 aromatic rings. The molecule has 78 valence electrons. The Morgan fingerprint density at radius 1 is 1.38 bits per heavy atom. The van der Waals surface area contributed by atoms with E-state index in [0.717, 1.165) is 25.9 Å². The lowest BCUT2D eigenvalue weighted by Crippen LogP contribution is -2.25. The molecular formula is C9H19NO3. The Bertz CT molecular complexity index is 128. The minimum Gasteiger partial charge on any atom is -0.395 e. The second kappa shape index (κ2) is 9.48. The summed E-state index contributed by atoms with van der Waals surface area (Å²) in [6, 6.07) is 0. The maximum Gasteiger partial charge on any atom is 0.220 e. The van der Waals surface area contributed by atoms with Gasteiger partial charge in [-0.05, 0) is 12.8 Å². The largest absolute Gasteiger partial charge is 0.395 e. The number of aliphatic hydroxyl groups excluding tert-OH is 1. The normalized spacial score (nSPS) is 10.0. The van der Waals surface area contributed by atoms with Crippen molar-refractivity contribution in [1.82, 2.24) is 5.32 Å². The summed E-state index contributed by atoms with van der Waals surface area (Å²) < 4.78 is 4.88. The molecule has 0 heterocycles. The molecule has 1 amide bonds. The quantitative estimate of drug-likeness (QED) is 0.540. The maximum absolute atomic E-state index is 11.0. The molecule has 0 unspecified atom stereocenters. The number of unbranched alkanes of at least 4 members (excludes halogenated alkanes) is 2. The van der Waals surface area contributed by atoms with E-state index in [2.05, 4.69) is 5.32 Å². The molecule has 0 aromatic carbocycles. The molecule has 0 radical (unpaired) electrons. The second-order valence-corrected chi connectivity index (χ2v) is 2.88. The lowest BCUT2D eigenvalue weighted by Gasteiger charge is -2.02. The highest BCUT2D eigenvalue weighted by atomic mass is 16.5. The van der Waals surface area contributed by atoms with Gasteiger partial charge in [-0.25, -0.2) is 0 Å². The fourth-order valence-corrected chi connectivity index (χ4v) is 0.992. The first-order chi connectivity index (χ1) is 6.31. The topological polar surface area (TPSA) is 58.6 Å². The molecule has 0 saturated heterocycles. The Kier molecular flexibility index (Phi) is 9.03. The molecular weight excluding hydrogens is 170 g/mol. The summed E-state index contributed by atoms with van der Waals surface area (Å²) in [5.74, 6) is 0.0199. The third-order valence-electron chi connectivity index (χ3n) is 1.69. The van der Waals surface area contributed by atoms with Gasteiger partial charge in [-0.1, -0.05) is 6.42 Å². The Balaban J connectivity index is 3.08. The van der Waals surface area contributed by atoms with Crippen molar-refractivity contribution in [2.45, 2.75) is 25.7 Å². The van der Waals surface area contributed by atoms with Crippen molar-refractivity contribution in [3.05, 3.63) is 0 Å². The molecule has 0 atom stereocenters. The number of carbonyl (C=O) groups excluding carboxylic acids is 1. The van der Waals surface area contributed by atoms with Crippen molar-refractivity contribution in [1.29, 1.82) is 0 Å². The minimum atomic E-state index is 0.00934. The zero-order valence-electron chi connectivity index (χ0n) is 8.21. The third-order valence-corrected chi connectivity index (χ3v) is 1.69. The standard InChI is InChI=1S/C9H19NO3/c1-13-8-4-2-3-5-9(12)10-6-7-11/h11H,2-8H2,1H3,(H,10,12). The minimum absolute atomic E-state index is 0.00934. The Labute approximate surface area is 79.3 Å². The molecule has 2 N–H and O–H groups in total. The molecule has 0 bridgehead atoms. The molecule has 0 aliphatic heterocycles. The summed E-state index contributed by atoms with van der Waals surface area (Å²) in [5, 5.41) is 11.0. The number of amides is 1. The summed E-state index contributed by atoms with van der Waals surface area (Å²) in [6.45, 7) is 1.13. The average molecular weight is 189 g/mol. The number of carbonyl (C=O) groups is 1. The predicted octanol–water partition coefficient (Wildman–Crippen LogP) is 0.302. The van der Waals surface area contributed by atoms with Crippen LogP contribution in [-0.4, -0.2) is 37.9 Å². The molecule has 0 spiro atoms. The SMILES string of the molecule is COCCCCCC(=O)NCCO. The first kappa shape index (κ1) is 12.4. The van der Waals surface area contributed by atoms with Crippen LogP contribution in [0.2, 0.25) is 0 Å². The van der Waals surface area contributed by atoms with E-state index in [0.29, 0.717) is 13.0 Å². The van der Waals surface area contributed by atoms with Crippen molar-refractivity contribution in [3.8, 4) is 0 Å². The third kappa shape index (κ3) is 9.30. The van der Waals surface area contributed by atoms with Crippen LogP contribution >= 0.6 is 0 Å². The summed E-state index contributed by atoms with van der Waals surface area (Å²) in [5.41, 5.74) is 0. The van der Waals surface area contributed by atoms with Crippen molar-refractivity contribution in [2.24, 2.45) is 0 Å². The first-order valence-electron chi connectivity index (χ1n) is 4.67. The molecule has 13 heavy (non-hydrogen) atoms. The van der Waals surface area contributed by atoms with Gasteiger partial charge in [0.2, 0.25) is 5.91 Å². The Hall–Kier alpha value is -0.610. The highest BCUT2D eigenvalue weighted by molar-refractivity contribution is 5.75. The summed E-state index contributed by atoms with van der Waals surface area (Å²) in [6.07, 6.45) is 3.45. The van der Waals surface area contributed by atoms with E-state index < -0.39 is 0 Å². The highest BCUT2D eigenvalue weighted by Crippen LogP contribution is 1.99. The van der Waals surface area contributed by atoms with Gasteiger partial charge in [-0.3, -0.25) is 4.79 Å². The van der Waals surface area contributed by atoms with E-state index in [-0.39, 0.29) is 12.5 Å². The number of rotatable bonds is 8. The second-order valence-electron chi connectivity index (χ2n) is 2.88. The van der Waals surface area contributed by atoms with Gasteiger partial charge in [0.15, 0.2) is 0 Å². The van der Waals surface area contributed by atoms with Gasteiger partial charge in [0.05, 0.1) is 6.61 Å². The van der Waals surface area contributed by atoms with Gasteiger partial charge < -0.3 is 15.2 Å². The predicted molar refractivity (Wildman–Crippen MR) is 50.4 cm³/mol. The number of aliphatic hydroxyl groups is 1. The van der Waals surface area contributed by atoms with Crippen LogP contribution < -0.4 is 5.32 Å². The molecule has 4 nitrogen and oxygen atoms in total. The van der Waals surface area contributed by atoms with Gasteiger partial charge in [-0.2, -0.15) is 0 Å². The van der Waals surface area contributed by atoms with Crippen LogP contribution in [0, 0.1) is 0 Å². The number of hydrogen-bond donors (Lipinski definition) is 2. The fourth-order valence-electron chi connectivity index (χ4n) is 0.992.